The van der Waals surface area contributed by atoms with Crippen LogP contribution in [0.4, 0.5) is 5.13 Å². The average Bonchev–Trinajstić information content (AvgIpc) is 3.25. The molecule has 1 aromatic carbocycles. The normalized spacial score (nSPS) is 14.5. The Morgan fingerprint density at radius 2 is 2.03 bits per heavy atom. The molecule has 0 spiro atoms. The van der Waals surface area contributed by atoms with E-state index in [1.807, 2.05) is 30.3 Å². The van der Waals surface area contributed by atoms with Crippen molar-refractivity contribution in [1.82, 2.24) is 14.8 Å². The Morgan fingerprint density at radius 3 is 2.76 bits per heavy atom. The van der Waals surface area contributed by atoms with Gasteiger partial charge in [-0.2, -0.15) is 0 Å². The summed E-state index contributed by atoms with van der Waals surface area (Å²) in [5.74, 6) is -0.471. The number of nitrogens with one attached hydrogen (secondary N) is 1. The third kappa shape index (κ3) is 7.54. The number of thiazole rings is 1. The largest absolute Gasteiger partial charge is 0.379 e. The minimum Gasteiger partial charge on any atom is -0.379 e. The van der Waals surface area contributed by atoms with Crippen molar-refractivity contribution in [1.29, 1.82) is 0 Å². The number of rotatable bonds is 10. The van der Waals surface area contributed by atoms with E-state index < -0.39 is 0 Å². The number of aromatic nitrogens is 1. The fraction of sp³-hybridized carbons (Fsp3) is 0.450. The molecule has 29 heavy (non-hydrogen) atoms. The van der Waals surface area contributed by atoms with Gasteiger partial charge in [-0.25, -0.2) is 4.98 Å². The predicted octanol–water partition coefficient (Wildman–Crippen LogP) is 1.46. The van der Waals surface area contributed by atoms with Crippen molar-refractivity contribution in [2.75, 3.05) is 57.9 Å². The molecule has 0 atom stereocenters. The zero-order valence-corrected chi connectivity index (χ0v) is 17.1. The zero-order valence-electron chi connectivity index (χ0n) is 16.3. The summed E-state index contributed by atoms with van der Waals surface area (Å²) in [6.45, 7) is 4.46. The van der Waals surface area contributed by atoms with Gasteiger partial charge in [-0.1, -0.05) is 30.3 Å². The zero-order chi connectivity index (χ0) is 20.3. The van der Waals surface area contributed by atoms with Crippen LogP contribution in [0.2, 0.25) is 0 Å². The SMILES string of the molecule is O=C(CN(CCN1CCOCC1)C(=O)COCc1ccccc1)Nc1nccs1. The number of nitrogens with zero attached hydrogens (tertiary/aromatic N) is 3. The monoisotopic (exact) mass is 418 g/mol. The van der Waals surface area contributed by atoms with Crippen LogP contribution in [0.3, 0.4) is 0 Å². The van der Waals surface area contributed by atoms with Crippen LogP contribution < -0.4 is 5.32 Å². The number of benzene rings is 1. The van der Waals surface area contributed by atoms with Crippen LogP contribution in [0.15, 0.2) is 41.9 Å². The fourth-order valence-electron chi connectivity index (χ4n) is 2.92. The molecule has 2 amide bonds. The van der Waals surface area contributed by atoms with Crippen molar-refractivity contribution >= 4 is 28.3 Å². The molecule has 0 unspecified atom stereocenters. The maximum atomic E-state index is 12.7. The Kier molecular flexibility index (Phi) is 8.57. The van der Waals surface area contributed by atoms with Gasteiger partial charge < -0.3 is 19.7 Å². The molecule has 156 valence electrons. The lowest BCUT2D eigenvalue weighted by atomic mass is 10.2. The highest BCUT2D eigenvalue weighted by atomic mass is 32.1. The summed E-state index contributed by atoms with van der Waals surface area (Å²) in [7, 11) is 0. The Balaban J connectivity index is 1.51. The summed E-state index contributed by atoms with van der Waals surface area (Å²) in [6, 6.07) is 9.68. The highest BCUT2D eigenvalue weighted by molar-refractivity contribution is 7.13. The van der Waals surface area contributed by atoms with Crippen LogP contribution in [0.25, 0.3) is 0 Å². The molecule has 1 aromatic heterocycles. The van der Waals surface area contributed by atoms with Gasteiger partial charge in [0.2, 0.25) is 11.8 Å². The summed E-state index contributed by atoms with van der Waals surface area (Å²) < 4.78 is 10.9. The summed E-state index contributed by atoms with van der Waals surface area (Å²) >= 11 is 1.34. The van der Waals surface area contributed by atoms with Crippen molar-refractivity contribution in [3.63, 3.8) is 0 Å². The third-order valence-corrected chi connectivity index (χ3v) is 5.18. The second kappa shape index (κ2) is 11.6. The minimum absolute atomic E-state index is 0.0303. The van der Waals surface area contributed by atoms with E-state index in [0.717, 1.165) is 18.7 Å². The summed E-state index contributed by atoms with van der Waals surface area (Å²) in [5, 5.41) is 5.04. The van der Waals surface area contributed by atoms with Gasteiger partial charge in [0.15, 0.2) is 5.13 Å². The molecule has 1 fully saturated rings. The first-order chi connectivity index (χ1) is 14.2. The van der Waals surface area contributed by atoms with Gasteiger partial charge in [0.25, 0.3) is 0 Å². The van der Waals surface area contributed by atoms with E-state index in [9.17, 15) is 9.59 Å². The van der Waals surface area contributed by atoms with Crippen LogP contribution in [0, 0.1) is 0 Å². The van der Waals surface area contributed by atoms with Crippen molar-refractivity contribution in [2.24, 2.45) is 0 Å². The number of amides is 2. The highest BCUT2D eigenvalue weighted by Gasteiger charge is 2.20. The van der Waals surface area contributed by atoms with Crippen LogP contribution >= 0.6 is 11.3 Å². The second-order valence-electron chi connectivity index (χ2n) is 6.63. The number of morpholine rings is 1. The van der Waals surface area contributed by atoms with E-state index in [0.29, 0.717) is 38.0 Å². The number of anilines is 1. The lowest BCUT2D eigenvalue weighted by Crippen LogP contribution is -2.46. The molecule has 0 bridgehead atoms. The summed E-state index contributed by atoms with van der Waals surface area (Å²) in [5.41, 5.74) is 1.00. The lowest BCUT2D eigenvalue weighted by molar-refractivity contribution is -0.139. The van der Waals surface area contributed by atoms with E-state index >= 15 is 0 Å². The van der Waals surface area contributed by atoms with Crippen molar-refractivity contribution < 1.29 is 19.1 Å². The number of carbonyl (C=O) groups is 2. The molecular formula is C20H26N4O4S. The average molecular weight is 419 g/mol. The van der Waals surface area contributed by atoms with E-state index in [1.165, 1.54) is 11.3 Å². The van der Waals surface area contributed by atoms with Gasteiger partial charge in [-0.05, 0) is 5.56 Å². The topological polar surface area (TPSA) is 84.0 Å². The summed E-state index contributed by atoms with van der Waals surface area (Å²) in [4.78, 5) is 32.9. The molecular weight excluding hydrogens is 392 g/mol. The molecule has 1 N–H and O–H groups in total. The van der Waals surface area contributed by atoms with Crippen molar-refractivity contribution in [2.45, 2.75) is 6.61 Å². The second-order valence-corrected chi connectivity index (χ2v) is 7.53. The van der Waals surface area contributed by atoms with E-state index in [4.69, 9.17) is 9.47 Å². The molecule has 2 aromatic rings. The van der Waals surface area contributed by atoms with Crippen LogP contribution in [0.1, 0.15) is 5.56 Å². The van der Waals surface area contributed by atoms with Gasteiger partial charge in [0.1, 0.15) is 13.2 Å². The number of hydrogen-bond acceptors (Lipinski definition) is 7. The number of ether oxygens (including phenoxy) is 2. The maximum Gasteiger partial charge on any atom is 0.249 e. The van der Waals surface area contributed by atoms with Gasteiger partial charge in [-0.3, -0.25) is 14.5 Å². The first-order valence-electron chi connectivity index (χ1n) is 9.59. The molecule has 1 saturated heterocycles. The fourth-order valence-corrected chi connectivity index (χ4v) is 3.46. The molecule has 0 aliphatic carbocycles. The van der Waals surface area contributed by atoms with E-state index in [1.54, 1.807) is 16.5 Å². The highest BCUT2D eigenvalue weighted by Crippen LogP contribution is 2.10. The first-order valence-corrected chi connectivity index (χ1v) is 10.5. The molecule has 2 heterocycles. The van der Waals surface area contributed by atoms with Crippen LogP contribution in [-0.2, 0) is 25.7 Å². The first kappa shape index (κ1) is 21.4. The summed E-state index contributed by atoms with van der Waals surface area (Å²) in [6.07, 6.45) is 1.62. The van der Waals surface area contributed by atoms with Gasteiger partial charge in [-0.15, -0.1) is 11.3 Å². The minimum atomic E-state index is -0.265. The molecule has 1 aliphatic rings. The number of carbonyl (C=O) groups excluding carboxylic acids is 2. The Labute approximate surface area is 174 Å². The van der Waals surface area contributed by atoms with Crippen LogP contribution in [-0.4, -0.2) is 79.1 Å². The number of hydrogen-bond donors (Lipinski definition) is 1. The molecule has 1 aliphatic heterocycles. The Bertz CT molecular complexity index is 751. The van der Waals surface area contributed by atoms with Crippen molar-refractivity contribution in [3.05, 3.63) is 47.5 Å². The smallest absolute Gasteiger partial charge is 0.249 e. The Morgan fingerprint density at radius 1 is 1.24 bits per heavy atom. The van der Waals surface area contributed by atoms with Crippen LogP contribution in [0.5, 0.6) is 0 Å². The quantitative estimate of drug-likeness (QED) is 0.629. The molecule has 0 saturated carbocycles. The van der Waals surface area contributed by atoms with Crippen molar-refractivity contribution in [3.8, 4) is 0 Å². The molecule has 8 nitrogen and oxygen atoms in total. The third-order valence-electron chi connectivity index (χ3n) is 4.49. The van der Waals surface area contributed by atoms with E-state index in [-0.39, 0.29) is 25.0 Å². The molecule has 3 rings (SSSR count). The van der Waals surface area contributed by atoms with Gasteiger partial charge >= 0.3 is 0 Å². The van der Waals surface area contributed by atoms with Gasteiger partial charge in [0.05, 0.1) is 19.8 Å². The molecule has 0 radical (unpaired) electrons. The lowest BCUT2D eigenvalue weighted by Gasteiger charge is -2.29. The maximum absolute atomic E-state index is 12.7. The Hall–Kier alpha value is -2.33. The predicted molar refractivity (Wildman–Crippen MR) is 111 cm³/mol. The van der Waals surface area contributed by atoms with E-state index in [2.05, 4.69) is 15.2 Å². The molecule has 9 heteroatoms. The van der Waals surface area contributed by atoms with Gasteiger partial charge in [0, 0.05) is 37.8 Å². The standard InChI is InChI=1S/C20H26N4O4S/c25-18(22-20-21-6-13-29-20)14-24(8-7-23-9-11-27-12-10-23)19(26)16-28-15-17-4-2-1-3-5-17/h1-6,13H,7-12,14-16H2,(H,21,22,25).